The van der Waals surface area contributed by atoms with E-state index in [4.69, 9.17) is 0 Å². The van der Waals surface area contributed by atoms with Crippen molar-refractivity contribution in [2.45, 2.75) is 18.2 Å². The molecule has 0 radical (unpaired) electrons. The van der Waals surface area contributed by atoms with Crippen molar-refractivity contribution in [3.8, 4) is 0 Å². The Bertz CT molecular complexity index is 1060. The van der Waals surface area contributed by atoms with Crippen molar-refractivity contribution >= 4 is 37.8 Å². The molecule has 0 amide bonds. The highest BCUT2D eigenvalue weighted by atomic mass is 32.2. The fraction of sp³-hybridized carbons (Fsp3) is 0.158. The zero-order valence-electron chi connectivity index (χ0n) is 14.4. The molecular formula is C19H18N2O3S2. The minimum atomic E-state index is -3.28. The van der Waals surface area contributed by atoms with Crippen molar-refractivity contribution in [1.29, 1.82) is 0 Å². The molecule has 0 spiro atoms. The molecule has 7 heteroatoms. The summed E-state index contributed by atoms with van der Waals surface area (Å²) in [5.74, 6) is -0.0575. The number of carbonyl (C=O) groups excluding carboxylic acids is 1. The van der Waals surface area contributed by atoms with Crippen LogP contribution >= 0.6 is 11.3 Å². The molecule has 0 atom stereocenters. The Hall–Kier alpha value is -2.51. The average Bonchev–Trinajstić information content (AvgIpc) is 3.09. The third kappa shape index (κ3) is 4.00. The number of carbonyl (C=O) groups is 1. The predicted molar refractivity (Wildman–Crippen MR) is 104 cm³/mol. The second kappa shape index (κ2) is 7.39. The van der Waals surface area contributed by atoms with Gasteiger partial charge in [0.1, 0.15) is 0 Å². The number of benzene rings is 2. The smallest absolute Gasteiger partial charge is 0.204 e. The first kappa shape index (κ1) is 18.3. The largest absolute Gasteiger partial charge is 0.331 e. The van der Waals surface area contributed by atoms with E-state index >= 15 is 0 Å². The number of nitrogens with one attached hydrogen (secondary N) is 1. The van der Waals surface area contributed by atoms with Crippen molar-refractivity contribution in [2.75, 3.05) is 11.6 Å². The van der Waals surface area contributed by atoms with E-state index in [1.54, 1.807) is 30.5 Å². The Morgan fingerprint density at radius 3 is 2.65 bits per heavy atom. The molecule has 0 bridgehead atoms. The third-order valence-corrected chi connectivity index (χ3v) is 5.91. The van der Waals surface area contributed by atoms with Gasteiger partial charge in [-0.15, -0.1) is 0 Å². The van der Waals surface area contributed by atoms with Crippen molar-refractivity contribution in [3.63, 3.8) is 0 Å². The lowest BCUT2D eigenvalue weighted by molar-refractivity contribution is 0.104. The lowest BCUT2D eigenvalue weighted by Gasteiger charge is -2.05. The summed E-state index contributed by atoms with van der Waals surface area (Å²) in [4.78, 5) is 17.7. The van der Waals surface area contributed by atoms with Crippen LogP contribution in [0, 0.1) is 0 Å². The highest BCUT2D eigenvalue weighted by Crippen LogP contribution is 2.26. The molecule has 2 aromatic carbocycles. The number of aryl methyl sites for hydroxylation is 1. The molecule has 0 saturated heterocycles. The maximum absolute atomic E-state index is 12.7. The molecule has 1 heterocycles. The third-order valence-electron chi connectivity index (χ3n) is 3.89. The molecular weight excluding hydrogens is 368 g/mol. The van der Waals surface area contributed by atoms with Crippen molar-refractivity contribution < 1.29 is 13.2 Å². The van der Waals surface area contributed by atoms with Crippen LogP contribution in [0.2, 0.25) is 0 Å². The normalized spacial score (nSPS) is 11.3. The summed E-state index contributed by atoms with van der Waals surface area (Å²) < 4.78 is 23.3. The summed E-state index contributed by atoms with van der Waals surface area (Å²) in [5.41, 5.74) is 2.29. The monoisotopic (exact) mass is 386 g/mol. The minimum absolute atomic E-state index is 0.0575. The molecule has 0 aliphatic heterocycles. The molecule has 3 aromatic rings. The molecule has 134 valence electrons. The van der Waals surface area contributed by atoms with Crippen molar-refractivity contribution in [2.24, 2.45) is 0 Å². The topological polar surface area (TPSA) is 76.1 Å². The van der Waals surface area contributed by atoms with E-state index in [9.17, 15) is 13.2 Å². The van der Waals surface area contributed by atoms with Gasteiger partial charge in [-0.3, -0.25) is 4.79 Å². The summed E-state index contributed by atoms with van der Waals surface area (Å²) in [6, 6.07) is 14.0. The fourth-order valence-corrected chi connectivity index (χ4v) is 4.01. The van der Waals surface area contributed by atoms with E-state index in [0.717, 1.165) is 18.2 Å². The Morgan fingerprint density at radius 2 is 1.92 bits per heavy atom. The SMILES string of the molecule is CCc1ccccc1C(=O)c1cnc(Nc2cccc(S(C)(=O)=O)c2)s1. The number of nitrogens with zero attached hydrogens (tertiary/aromatic N) is 1. The van der Waals surface area contributed by atoms with Crippen LogP contribution in [0.25, 0.3) is 0 Å². The lowest BCUT2D eigenvalue weighted by Crippen LogP contribution is -2.02. The minimum Gasteiger partial charge on any atom is -0.331 e. The predicted octanol–water partition coefficient (Wildman–Crippen LogP) is 4.08. The van der Waals surface area contributed by atoms with Crippen molar-refractivity contribution in [3.05, 3.63) is 70.7 Å². The number of anilines is 2. The van der Waals surface area contributed by atoms with Gasteiger partial charge >= 0.3 is 0 Å². The second-order valence-corrected chi connectivity index (χ2v) is 8.84. The number of hydrogen-bond acceptors (Lipinski definition) is 6. The van der Waals surface area contributed by atoms with Gasteiger partial charge in [-0.25, -0.2) is 13.4 Å². The standard InChI is InChI=1S/C19H18N2O3S2/c1-3-13-7-4-5-10-16(13)18(22)17-12-20-19(25-17)21-14-8-6-9-15(11-14)26(2,23)24/h4-12H,3H2,1-2H3,(H,20,21). The Kier molecular flexibility index (Phi) is 5.20. The number of aromatic nitrogens is 1. The number of rotatable bonds is 6. The van der Waals surface area contributed by atoms with Crippen LogP contribution in [0.5, 0.6) is 0 Å². The van der Waals surface area contributed by atoms with E-state index in [2.05, 4.69) is 10.3 Å². The number of thiazole rings is 1. The number of sulfone groups is 1. The van der Waals surface area contributed by atoms with Gasteiger partial charge in [0.25, 0.3) is 0 Å². The van der Waals surface area contributed by atoms with Gasteiger partial charge in [0.15, 0.2) is 15.0 Å². The number of ketones is 1. The van der Waals surface area contributed by atoms with Gasteiger partial charge in [-0.05, 0) is 30.2 Å². The van der Waals surface area contributed by atoms with E-state index in [-0.39, 0.29) is 10.7 Å². The molecule has 0 saturated carbocycles. The first-order chi connectivity index (χ1) is 12.4. The van der Waals surface area contributed by atoms with E-state index < -0.39 is 9.84 Å². The Balaban J connectivity index is 1.84. The molecule has 0 aliphatic rings. The van der Waals surface area contributed by atoms with E-state index in [0.29, 0.717) is 21.3 Å². The zero-order valence-corrected chi connectivity index (χ0v) is 16.0. The summed E-state index contributed by atoms with van der Waals surface area (Å²) in [7, 11) is -3.28. The van der Waals surface area contributed by atoms with Crippen LogP contribution in [-0.4, -0.2) is 25.4 Å². The van der Waals surface area contributed by atoms with Gasteiger partial charge in [-0.1, -0.05) is 48.6 Å². The highest BCUT2D eigenvalue weighted by molar-refractivity contribution is 7.90. The van der Waals surface area contributed by atoms with Crippen LogP contribution in [-0.2, 0) is 16.3 Å². The Labute approximate surface area is 156 Å². The van der Waals surface area contributed by atoms with Crippen molar-refractivity contribution in [1.82, 2.24) is 4.98 Å². The molecule has 0 unspecified atom stereocenters. The molecule has 1 N–H and O–H groups in total. The van der Waals surface area contributed by atoms with E-state index in [1.165, 1.54) is 11.3 Å². The first-order valence-corrected chi connectivity index (χ1v) is 10.7. The molecule has 26 heavy (non-hydrogen) atoms. The van der Waals surface area contributed by atoms with Gasteiger partial charge in [0, 0.05) is 17.5 Å². The molecule has 0 fully saturated rings. The average molecular weight is 386 g/mol. The van der Waals surface area contributed by atoms with Crippen LogP contribution in [0.15, 0.2) is 59.6 Å². The zero-order chi connectivity index (χ0) is 18.7. The summed E-state index contributed by atoms with van der Waals surface area (Å²) in [6.07, 6.45) is 3.49. The van der Waals surface area contributed by atoms with Gasteiger partial charge < -0.3 is 5.32 Å². The lowest BCUT2D eigenvalue weighted by atomic mass is 10.0. The fourth-order valence-electron chi connectivity index (χ4n) is 2.55. The van der Waals surface area contributed by atoms with E-state index in [1.807, 2.05) is 31.2 Å². The highest BCUT2D eigenvalue weighted by Gasteiger charge is 2.16. The van der Waals surface area contributed by atoms with Crippen LogP contribution in [0.4, 0.5) is 10.8 Å². The molecule has 3 rings (SSSR count). The summed E-state index contributed by atoms with van der Waals surface area (Å²) in [5, 5.41) is 3.60. The maximum Gasteiger partial charge on any atom is 0.204 e. The molecule has 5 nitrogen and oxygen atoms in total. The maximum atomic E-state index is 12.7. The van der Waals surface area contributed by atoms with Crippen LogP contribution in [0.1, 0.15) is 27.7 Å². The van der Waals surface area contributed by atoms with Crippen LogP contribution < -0.4 is 5.32 Å². The first-order valence-electron chi connectivity index (χ1n) is 8.04. The van der Waals surface area contributed by atoms with Crippen LogP contribution in [0.3, 0.4) is 0 Å². The summed E-state index contributed by atoms with van der Waals surface area (Å²) in [6.45, 7) is 2.01. The van der Waals surface area contributed by atoms with Gasteiger partial charge in [-0.2, -0.15) is 0 Å². The number of hydrogen-bond donors (Lipinski definition) is 1. The summed E-state index contributed by atoms with van der Waals surface area (Å²) >= 11 is 1.24. The van der Waals surface area contributed by atoms with Gasteiger partial charge in [0.05, 0.1) is 16.0 Å². The second-order valence-electron chi connectivity index (χ2n) is 5.79. The quantitative estimate of drug-likeness (QED) is 0.646. The van der Waals surface area contributed by atoms with Gasteiger partial charge in [0.2, 0.25) is 5.78 Å². The Morgan fingerprint density at radius 1 is 1.15 bits per heavy atom. The molecule has 0 aliphatic carbocycles. The molecule has 1 aromatic heterocycles.